The normalized spacial score (nSPS) is 25.7. The summed E-state index contributed by atoms with van der Waals surface area (Å²) in [5.41, 5.74) is 1.61. The fourth-order valence-corrected chi connectivity index (χ4v) is 3.47. The zero-order valence-corrected chi connectivity index (χ0v) is 11.8. The monoisotopic (exact) mass is 298 g/mol. The number of ether oxygens (including phenoxy) is 1. The first-order valence-electron chi connectivity index (χ1n) is 6.20. The van der Waals surface area contributed by atoms with Crippen LogP contribution in [0.5, 0.6) is 0 Å². The molecule has 4 rings (SSSR count). The molecule has 2 fully saturated rings. The second-order valence-corrected chi connectivity index (χ2v) is 5.82. The van der Waals surface area contributed by atoms with Crippen molar-refractivity contribution >= 4 is 40.2 Å². The standard InChI is InChI=1S/C12H12Cl2N4O/c1-17-8-3-9(13)15-11(14)10(8)16-12(17)18-4-7-2-6(18)5-19-7/h3,6-7H,2,4-5H2,1H3/t6-,7-/m1/s1. The van der Waals surface area contributed by atoms with Gasteiger partial charge in [-0.3, -0.25) is 0 Å². The number of imidazole rings is 1. The Kier molecular flexibility index (Phi) is 2.46. The van der Waals surface area contributed by atoms with Gasteiger partial charge < -0.3 is 14.2 Å². The highest BCUT2D eigenvalue weighted by molar-refractivity contribution is 6.36. The Labute approximate surface area is 120 Å². The lowest BCUT2D eigenvalue weighted by atomic mass is 10.2. The minimum absolute atomic E-state index is 0.335. The van der Waals surface area contributed by atoms with Crippen LogP contribution in [0.4, 0.5) is 5.95 Å². The molecule has 2 aromatic rings. The number of nitrogens with zero attached hydrogens (tertiary/aromatic N) is 4. The SMILES string of the molecule is Cn1c(N2C[C@H]3C[C@@H]2CO3)nc2c(Cl)nc(Cl)cc21. The van der Waals surface area contributed by atoms with Gasteiger partial charge in [-0.05, 0) is 6.42 Å². The van der Waals surface area contributed by atoms with Gasteiger partial charge in [-0.1, -0.05) is 23.2 Å². The molecule has 5 nitrogen and oxygen atoms in total. The zero-order valence-electron chi connectivity index (χ0n) is 10.3. The maximum absolute atomic E-state index is 6.12. The van der Waals surface area contributed by atoms with Crippen LogP contribution >= 0.6 is 23.2 Å². The van der Waals surface area contributed by atoms with Crippen LogP contribution in [0.1, 0.15) is 6.42 Å². The zero-order chi connectivity index (χ0) is 13.1. The molecule has 0 saturated carbocycles. The lowest BCUT2D eigenvalue weighted by Gasteiger charge is -2.27. The van der Waals surface area contributed by atoms with Crippen LogP contribution in [0.25, 0.3) is 11.0 Å². The van der Waals surface area contributed by atoms with Gasteiger partial charge in [0, 0.05) is 19.7 Å². The summed E-state index contributed by atoms with van der Waals surface area (Å²) in [6.07, 6.45) is 1.41. The molecule has 2 aliphatic rings. The van der Waals surface area contributed by atoms with Gasteiger partial charge in [0.05, 0.1) is 24.3 Å². The van der Waals surface area contributed by atoms with Crippen LogP contribution in [0.15, 0.2) is 6.07 Å². The molecule has 0 aromatic carbocycles. The molecule has 100 valence electrons. The van der Waals surface area contributed by atoms with Crippen LogP contribution in [-0.4, -0.2) is 39.8 Å². The lowest BCUT2D eigenvalue weighted by Crippen LogP contribution is -2.38. The van der Waals surface area contributed by atoms with E-state index in [0.717, 1.165) is 31.0 Å². The molecule has 2 aromatic heterocycles. The van der Waals surface area contributed by atoms with Crippen molar-refractivity contribution in [3.8, 4) is 0 Å². The molecule has 0 unspecified atom stereocenters. The van der Waals surface area contributed by atoms with Crippen molar-refractivity contribution in [1.29, 1.82) is 0 Å². The van der Waals surface area contributed by atoms with Gasteiger partial charge in [-0.2, -0.15) is 0 Å². The molecule has 0 amide bonds. The average Bonchev–Trinajstić information content (AvgIpc) is 3.04. The van der Waals surface area contributed by atoms with Gasteiger partial charge in [0.2, 0.25) is 5.95 Å². The highest BCUT2D eigenvalue weighted by atomic mass is 35.5. The van der Waals surface area contributed by atoms with E-state index in [2.05, 4.69) is 14.9 Å². The first-order chi connectivity index (χ1) is 9.13. The number of aryl methyl sites for hydroxylation is 1. The smallest absolute Gasteiger partial charge is 0.206 e. The van der Waals surface area contributed by atoms with Crippen LogP contribution in [0.3, 0.4) is 0 Å². The number of pyridine rings is 1. The third kappa shape index (κ3) is 1.65. The highest BCUT2D eigenvalue weighted by Crippen LogP contribution is 2.34. The Morgan fingerprint density at radius 3 is 2.89 bits per heavy atom. The summed E-state index contributed by atoms with van der Waals surface area (Å²) in [4.78, 5) is 11.0. The average molecular weight is 299 g/mol. The van der Waals surface area contributed by atoms with Gasteiger partial charge >= 0.3 is 0 Å². The minimum atomic E-state index is 0.335. The number of halogens is 2. The number of anilines is 1. The van der Waals surface area contributed by atoms with Gasteiger partial charge in [-0.15, -0.1) is 0 Å². The van der Waals surface area contributed by atoms with Crippen LogP contribution in [0, 0.1) is 0 Å². The third-order valence-corrected chi connectivity index (χ3v) is 4.39. The number of rotatable bonds is 1. The van der Waals surface area contributed by atoms with E-state index in [4.69, 9.17) is 27.9 Å². The fourth-order valence-electron chi connectivity index (χ4n) is 3.01. The molecule has 7 heteroatoms. The maximum Gasteiger partial charge on any atom is 0.206 e. The van der Waals surface area contributed by atoms with E-state index in [-0.39, 0.29) is 0 Å². The molecule has 19 heavy (non-hydrogen) atoms. The first-order valence-corrected chi connectivity index (χ1v) is 6.96. The Hall–Kier alpha value is -1.04. The Morgan fingerprint density at radius 2 is 2.21 bits per heavy atom. The number of aromatic nitrogens is 3. The van der Waals surface area contributed by atoms with Crippen molar-refractivity contribution in [3.63, 3.8) is 0 Å². The Morgan fingerprint density at radius 1 is 1.37 bits per heavy atom. The molecule has 4 heterocycles. The molecule has 2 atom stereocenters. The maximum atomic E-state index is 6.12. The van der Waals surface area contributed by atoms with Crippen LogP contribution in [-0.2, 0) is 11.8 Å². The van der Waals surface area contributed by atoms with Gasteiger partial charge in [0.1, 0.15) is 10.7 Å². The summed E-state index contributed by atoms with van der Waals surface area (Å²) in [6.45, 7) is 1.67. The van der Waals surface area contributed by atoms with E-state index in [1.54, 1.807) is 6.07 Å². The van der Waals surface area contributed by atoms with Gasteiger partial charge in [-0.25, -0.2) is 9.97 Å². The summed E-state index contributed by atoms with van der Waals surface area (Å²) < 4.78 is 7.65. The van der Waals surface area contributed by atoms with Crippen LogP contribution < -0.4 is 4.90 Å². The third-order valence-electron chi connectivity index (χ3n) is 3.93. The second-order valence-electron chi connectivity index (χ2n) is 5.07. The number of fused-ring (bicyclic) bond motifs is 3. The van der Waals surface area contributed by atoms with Crippen molar-refractivity contribution in [3.05, 3.63) is 16.4 Å². The van der Waals surface area contributed by atoms with Crippen molar-refractivity contribution < 1.29 is 4.74 Å². The molecular formula is C12H12Cl2N4O. The molecule has 0 aliphatic carbocycles. The van der Waals surface area contributed by atoms with Gasteiger partial charge in [0.25, 0.3) is 0 Å². The van der Waals surface area contributed by atoms with E-state index in [0.29, 0.717) is 28.0 Å². The summed E-state index contributed by atoms with van der Waals surface area (Å²) in [6, 6.07) is 2.21. The largest absolute Gasteiger partial charge is 0.374 e. The lowest BCUT2D eigenvalue weighted by molar-refractivity contribution is 0.0985. The number of hydrogen-bond donors (Lipinski definition) is 0. The second kappa shape index (κ2) is 3.98. The minimum Gasteiger partial charge on any atom is -0.374 e. The highest BCUT2D eigenvalue weighted by Gasteiger charge is 2.40. The topological polar surface area (TPSA) is 43.2 Å². The molecule has 2 saturated heterocycles. The van der Waals surface area contributed by atoms with E-state index in [9.17, 15) is 0 Å². The number of morpholine rings is 1. The Bertz CT molecular complexity index is 671. The summed E-state index contributed by atoms with van der Waals surface area (Å²) in [7, 11) is 1.98. The van der Waals surface area contributed by atoms with E-state index >= 15 is 0 Å². The fraction of sp³-hybridized carbons (Fsp3) is 0.500. The molecule has 2 aliphatic heterocycles. The summed E-state index contributed by atoms with van der Waals surface area (Å²) >= 11 is 12.1. The molecule has 0 spiro atoms. The van der Waals surface area contributed by atoms with Crippen molar-refractivity contribution in [1.82, 2.24) is 14.5 Å². The van der Waals surface area contributed by atoms with Crippen molar-refractivity contribution in [2.45, 2.75) is 18.6 Å². The number of hydrogen-bond acceptors (Lipinski definition) is 4. The van der Waals surface area contributed by atoms with Gasteiger partial charge in [0.15, 0.2) is 5.15 Å². The molecular weight excluding hydrogens is 287 g/mol. The summed E-state index contributed by atoms with van der Waals surface area (Å²) in [5.74, 6) is 0.914. The van der Waals surface area contributed by atoms with E-state index in [1.165, 1.54) is 0 Å². The summed E-state index contributed by atoms with van der Waals surface area (Å²) in [5, 5.41) is 0.739. The first kappa shape index (κ1) is 11.8. The quantitative estimate of drug-likeness (QED) is 0.758. The van der Waals surface area contributed by atoms with E-state index < -0.39 is 0 Å². The molecule has 0 radical (unpaired) electrons. The Balaban J connectivity index is 1.87. The van der Waals surface area contributed by atoms with E-state index in [1.807, 2.05) is 11.6 Å². The molecule has 2 bridgehead atoms. The molecule has 0 N–H and O–H groups in total. The predicted molar refractivity (Wildman–Crippen MR) is 74.0 cm³/mol. The van der Waals surface area contributed by atoms with Crippen molar-refractivity contribution in [2.24, 2.45) is 7.05 Å². The predicted octanol–water partition coefficient (Wildman–Crippen LogP) is 2.25. The van der Waals surface area contributed by atoms with Crippen molar-refractivity contribution in [2.75, 3.05) is 18.1 Å². The van der Waals surface area contributed by atoms with Crippen LogP contribution in [0.2, 0.25) is 10.3 Å².